The molecule has 0 N–H and O–H groups in total. The number of hydrogen-bond donors (Lipinski definition) is 0. The fourth-order valence-corrected chi connectivity index (χ4v) is 3.78. The van der Waals surface area contributed by atoms with Gasteiger partial charge in [0.05, 0.1) is 19.7 Å². The third kappa shape index (κ3) is 4.40. The van der Waals surface area contributed by atoms with Crippen LogP contribution in [0.25, 0.3) is 10.9 Å². The smallest absolute Gasteiger partial charge is 0.291 e. The number of rotatable bonds is 7. The molecule has 0 saturated carbocycles. The lowest BCUT2D eigenvalue weighted by Gasteiger charge is -2.28. The van der Waals surface area contributed by atoms with Crippen molar-refractivity contribution in [3.8, 4) is 17.2 Å². The fourth-order valence-electron chi connectivity index (χ4n) is 3.78. The summed E-state index contributed by atoms with van der Waals surface area (Å²) in [6.07, 6.45) is 0.661. The van der Waals surface area contributed by atoms with Crippen molar-refractivity contribution in [2.24, 2.45) is 0 Å². The highest BCUT2D eigenvalue weighted by molar-refractivity contribution is 6.00. The highest BCUT2D eigenvalue weighted by Gasteiger charge is 2.33. The maximum Gasteiger partial charge on any atom is 0.291 e. The molecule has 0 bridgehead atoms. The summed E-state index contributed by atoms with van der Waals surface area (Å²) in [5.74, 6) is 0.730. The molecule has 1 saturated heterocycles. The molecule has 1 aromatic heterocycles. The van der Waals surface area contributed by atoms with E-state index >= 15 is 0 Å². The summed E-state index contributed by atoms with van der Waals surface area (Å²) in [5.41, 5.74) is 1.24. The zero-order valence-corrected chi connectivity index (χ0v) is 18.7. The van der Waals surface area contributed by atoms with Crippen LogP contribution in [0.2, 0.25) is 0 Å². The molecule has 0 atom stereocenters. The molecule has 4 rings (SSSR count). The average molecular weight is 451 g/mol. The normalized spacial score (nSPS) is 13.3. The van der Waals surface area contributed by atoms with Crippen molar-refractivity contribution in [3.05, 3.63) is 59.8 Å². The van der Waals surface area contributed by atoms with Crippen molar-refractivity contribution in [3.63, 3.8) is 0 Å². The van der Waals surface area contributed by atoms with Gasteiger partial charge in [-0.1, -0.05) is 12.1 Å². The Kier molecular flexibility index (Phi) is 6.60. The van der Waals surface area contributed by atoms with Crippen molar-refractivity contribution in [2.45, 2.75) is 6.42 Å². The van der Waals surface area contributed by atoms with Crippen molar-refractivity contribution in [1.82, 2.24) is 15.0 Å². The van der Waals surface area contributed by atoms with Crippen molar-refractivity contribution in [2.75, 3.05) is 41.2 Å². The highest BCUT2D eigenvalue weighted by Crippen LogP contribution is 2.30. The van der Waals surface area contributed by atoms with Crippen molar-refractivity contribution >= 4 is 22.7 Å². The van der Waals surface area contributed by atoms with Crippen LogP contribution in [0.5, 0.6) is 17.2 Å². The number of pyridine rings is 1. The van der Waals surface area contributed by atoms with E-state index in [0.717, 1.165) is 5.39 Å². The van der Waals surface area contributed by atoms with Gasteiger partial charge in [-0.05, 0) is 36.8 Å². The predicted octanol–water partition coefficient (Wildman–Crippen LogP) is 3.14. The van der Waals surface area contributed by atoms with Crippen LogP contribution in [0.1, 0.15) is 27.3 Å². The second kappa shape index (κ2) is 9.74. The summed E-state index contributed by atoms with van der Waals surface area (Å²) in [6, 6.07) is 13.9. The van der Waals surface area contributed by atoms with E-state index in [-0.39, 0.29) is 24.3 Å². The Hall–Kier alpha value is -3.85. The zero-order valence-electron chi connectivity index (χ0n) is 18.7. The Balaban J connectivity index is 1.61. The van der Waals surface area contributed by atoms with Crippen LogP contribution in [0.4, 0.5) is 0 Å². The van der Waals surface area contributed by atoms with E-state index in [0.29, 0.717) is 47.8 Å². The SMILES string of the molecule is COCOc1ccc(C(=O)N2CCCN2C(=O)c2cc(OC)c3ccccc3n2)cc1OC. The lowest BCUT2D eigenvalue weighted by Crippen LogP contribution is -2.45. The van der Waals surface area contributed by atoms with E-state index in [1.54, 1.807) is 31.4 Å². The number of benzene rings is 2. The van der Waals surface area contributed by atoms with Gasteiger partial charge in [0, 0.05) is 37.2 Å². The maximum absolute atomic E-state index is 13.4. The van der Waals surface area contributed by atoms with Gasteiger partial charge in [-0.25, -0.2) is 15.0 Å². The van der Waals surface area contributed by atoms with E-state index in [1.165, 1.54) is 24.2 Å². The molecule has 1 aliphatic heterocycles. The predicted molar refractivity (Wildman–Crippen MR) is 120 cm³/mol. The molecule has 0 radical (unpaired) electrons. The Morgan fingerprint density at radius 1 is 0.879 bits per heavy atom. The Morgan fingerprint density at radius 2 is 1.61 bits per heavy atom. The quantitative estimate of drug-likeness (QED) is 0.510. The van der Waals surface area contributed by atoms with Gasteiger partial charge in [0.15, 0.2) is 18.3 Å². The van der Waals surface area contributed by atoms with Gasteiger partial charge in [0.1, 0.15) is 11.4 Å². The largest absolute Gasteiger partial charge is 0.496 e. The first kappa shape index (κ1) is 22.3. The number of aromatic nitrogens is 1. The van der Waals surface area contributed by atoms with E-state index in [9.17, 15) is 9.59 Å². The van der Waals surface area contributed by atoms with Crippen LogP contribution >= 0.6 is 0 Å². The van der Waals surface area contributed by atoms with Gasteiger partial charge in [-0.3, -0.25) is 9.59 Å². The Morgan fingerprint density at radius 3 is 2.33 bits per heavy atom. The monoisotopic (exact) mass is 451 g/mol. The molecule has 0 spiro atoms. The summed E-state index contributed by atoms with van der Waals surface area (Å²) in [7, 11) is 4.56. The summed E-state index contributed by atoms with van der Waals surface area (Å²) < 4.78 is 21.2. The van der Waals surface area contributed by atoms with Crippen LogP contribution < -0.4 is 14.2 Å². The number of para-hydroxylation sites is 1. The molecule has 2 aromatic carbocycles. The molecule has 1 aliphatic rings. The first-order valence-corrected chi connectivity index (χ1v) is 10.4. The van der Waals surface area contributed by atoms with Gasteiger partial charge < -0.3 is 18.9 Å². The third-order valence-corrected chi connectivity index (χ3v) is 5.36. The third-order valence-electron chi connectivity index (χ3n) is 5.36. The van der Waals surface area contributed by atoms with E-state index < -0.39 is 0 Å². The molecule has 1 fully saturated rings. The minimum atomic E-state index is -0.364. The summed E-state index contributed by atoms with van der Waals surface area (Å²) in [4.78, 5) is 31.1. The molecule has 9 heteroatoms. The number of fused-ring (bicyclic) bond motifs is 1. The van der Waals surface area contributed by atoms with Crippen LogP contribution in [0, 0.1) is 0 Å². The second-order valence-electron chi connectivity index (χ2n) is 7.35. The van der Waals surface area contributed by atoms with Crippen LogP contribution in [-0.2, 0) is 4.74 Å². The molecule has 0 aliphatic carbocycles. The standard InChI is InChI=1S/C24H25N3O6/c1-30-15-33-20-10-9-16(13-22(20)32-3)23(28)26-11-6-12-27(26)24(29)19-14-21(31-2)17-7-4-5-8-18(17)25-19/h4-5,7-10,13-14H,6,11-12,15H2,1-3H3. The minimum absolute atomic E-state index is 0.0558. The number of carbonyl (C=O) groups excluding carboxylic acids is 2. The van der Waals surface area contributed by atoms with Crippen molar-refractivity contribution in [1.29, 1.82) is 0 Å². The van der Waals surface area contributed by atoms with E-state index in [4.69, 9.17) is 18.9 Å². The number of amides is 2. The van der Waals surface area contributed by atoms with E-state index in [1.807, 2.05) is 24.3 Å². The topological polar surface area (TPSA) is 90.4 Å². The molecule has 3 aromatic rings. The van der Waals surface area contributed by atoms with Gasteiger partial charge in [0.25, 0.3) is 11.8 Å². The van der Waals surface area contributed by atoms with Gasteiger partial charge >= 0.3 is 0 Å². The fraction of sp³-hybridized carbons (Fsp3) is 0.292. The van der Waals surface area contributed by atoms with E-state index in [2.05, 4.69) is 4.98 Å². The number of ether oxygens (including phenoxy) is 4. The van der Waals surface area contributed by atoms with Crippen LogP contribution in [0.3, 0.4) is 0 Å². The molecule has 9 nitrogen and oxygen atoms in total. The molecular weight excluding hydrogens is 426 g/mol. The van der Waals surface area contributed by atoms with Crippen LogP contribution in [-0.4, -0.2) is 68.0 Å². The first-order chi connectivity index (χ1) is 16.1. The highest BCUT2D eigenvalue weighted by atomic mass is 16.7. The van der Waals surface area contributed by atoms with Gasteiger partial charge in [-0.15, -0.1) is 0 Å². The van der Waals surface area contributed by atoms with Crippen molar-refractivity contribution < 1.29 is 28.5 Å². The Labute approximate surface area is 191 Å². The summed E-state index contributed by atoms with van der Waals surface area (Å²) in [6.45, 7) is 0.882. The lowest BCUT2D eigenvalue weighted by atomic mass is 10.1. The number of hydrogen-bond acceptors (Lipinski definition) is 7. The molecule has 0 unspecified atom stereocenters. The second-order valence-corrected chi connectivity index (χ2v) is 7.35. The molecule has 33 heavy (non-hydrogen) atoms. The molecule has 2 amide bonds. The minimum Gasteiger partial charge on any atom is -0.496 e. The average Bonchev–Trinajstić information content (AvgIpc) is 3.35. The number of nitrogens with zero attached hydrogens (tertiary/aromatic N) is 3. The summed E-state index contributed by atoms with van der Waals surface area (Å²) in [5, 5.41) is 3.69. The van der Waals surface area contributed by atoms with Crippen LogP contribution in [0.15, 0.2) is 48.5 Å². The first-order valence-electron chi connectivity index (χ1n) is 10.4. The molecular formula is C24H25N3O6. The number of methoxy groups -OCH3 is 3. The molecule has 2 heterocycles. The number of hydrazine groups is 1. The lowest BCUT2D eigenvalue weighted by molar-refractivity contribution is 0.0182. The zero-order chi connectivity index (χ0) is 23.4. The van der Waals surface area contributed by atoms with Gasteiger partial charge in [0.2, 0.25) is 0 Å². The number of carbonyl (C=O) groups is 2. The Bertz CT molecular complexity index is 1180. The molecule has 172 valence electrons. The van der Waals surface area contributed by atoms with Gasteiger partial charge in [-0.2, -0.15) is 0 Å². The summed E-state index contributed by atoms with van der Waals surface area (Å²) >= 11 is 0. The maximum atomic E-state index is 13.4.